The van der Waals surface area contributed by atoms with Crippen LogP contribution in [0.4, 0.5) is 5.69 Å². The monoisotopic (exact) mass is 237 g/mol. The molecule has 3 rings (SSSR count). The van der Waals surface area contributed by atoms with Crippen molar-refractivity contribution < 1.29 is 0 Å². The van der Waals surface area contributed by atoms with Crippen LogP contribution in [0.15, 0.2) is 48.7 Å². The Hall–Kier alpha value is -2.29. The SMILES string of the molecule is Cc1ccc(C)n1Nc1ccnc2ccccc12. The second-order valence-electron chi connectivity index (χ2n) is 4.44. The fraction of sp³-hybridized carbons (Fsp3) is 0.133. The predicted molar refractivity (Wildman–Crippen MR) is 74.7 cm³/mol. The molecule has 3 aromatic rings. The van der Waals surface area contributed by atoms with Gasteiger partial charge in [-0.15, -0.1) is 0 Å². The number of para-hydroxylation sites is 1. The Bertz CT molecular complexity index is 673. The van der Waals surface area contributed by atoms with Crippen LogP contribution in [0.3, 0.4) is 0 Å². The summed E-state index contributed by atoms with van der Waals surface area (Å²) in [7, 11) is 0. The van der Waals surface area contributed by atoms with Crippen molar-refractivity contribution in [3.8, 4) is 0 Å². The van der Waals surface area contributed by atoms with Gasteiger partial charge in [-0.2, -0.15) is 0 Å². The van der Waals surface area contributed by atoms with Gasteiger partial charge in [-0.05, 0) is 38.1 Å². The van der Waals surface area contributed by atoms with Crippen molar-refractivity contribution in [1.82, 2.24) is 9.66 Å². The summed E-state index contributed by atoms with van der Waals surface area (Å²) < 4.78 is 2.09. The Morgan fingerprint density at radius 2 is 1.67 bits per heavy atom. The molecule has 0 aliphatic rings. The molecule has 2 aromatic heterocycles. The molecule has 1 aromatic carbocycles. The van der Waals surface area contributed by atoms with Crippen molar-refractivity contribution in [2.75, 3.05) is 5.43 Å². The van der Waals surface area contributed by atoms with Crippen LogP contribution in [0.5, 0.6) is 0 Å². The lowest BCUT2D eigenvalue weighted by Crippen LogP contribution is -2.12. The van der Waals surface area contributed by atoms with Crippen molar-refractivity contribution in [2.45, 2.75) is 13.8 Å². The lowest BCUT2D eigenvalue weighted by Gasteiger charge is -2.14. The van der Waals surface area contributed by atoms with Crippen LogP contribution in [0, 0.1) is 13.8 Å². The van der Waals surface area contributed by atoms with Gasteiger partial charge in [0, 0.05) is 23.0 Å². The van der Waals surface area contributed by atoms with Crippen molar-refractivity contribution >= 4 is 16.6 Å². The Morgan fingerprint density at radius 1 is 0.944 bits per heavy atom. The van der Waals surface area contributed by atoms with E-state index in [1.807, 2.05) is 30.5 Å². The van der Waals surface area contributed by atoms with Crippen LogP contribution in [0.1, 0.15) is 11.4 Å². The highest BCUT2D eigenvalue weighted by molar-refractivity contribution is 5.90. The highest BCUT2D eigenvalue weighted by atomic mass is 15.4. The molecule has 0 saturated carbocycles. The molecule has 0 radical (unpaired) electrons. The summed E-state index contributed by atoms with van der Waals surface area (Å²) >= 11 is 0. The van der Waals surface area contributed by atoms with E-state index in [2.05, 4.69) is 47.1 Å². The van der Waals surface area contributed by atoms with Gasteiger partial charge in [-0.1, -0.05) is 18.2 Å². The van der Waals surface area contributed by atoms with Crippen LogP contribution in [-0.2, 0) is 0 Å². The summed E-state index contributed by atoms with van der Waals surface area (Å²) in [6.45, 7) is 4.17. The molecular weight excluding hydrogens is 222 g/mol. The number of rotatable bonds is 2. The summed E-state index contributed by atoms with van der Waals surface area (Å²) in [6, 6.07) is 14.4. The molecule has 90 valence electrons. The van der Waals surface area contributed by atoms with Gasteiger partial charge in [0.15, 0.2) is 0 Å². The fourth-order valence-corrected chi connectivity index (χ4v) is 2.16. The fourth-order valence-electron chi connectivity index (χ4n) is 2.16. The van der Waals surface area contributed by atoms with Crippen LogP contribution in [0.25, 0.3) is 10.9 Å². The summed E-state index contributed by atoms with van der Waals surface area (Å²) in [5, 5.41) is 1.13. The number of nitrogens with one attached hydrogen (secondary N) is 1. The van der Waals surface area contributed by atoms with Gasteiger partial charge in [-0.25, -0.2) is 0 Å². The second-order valence-corrected chi connectivity index (χ2v) is 4.44. The summed E-state index contributed by atoms with van der Waals surface area (Å²) in [4.78, 5) is 4.37. The first-order chi connectivity index (χ1) is 8.75. The Labute approximate surface area is 106 Å². The first-order valence-corrected chi connectivity index (χ1v) is 6.01. The molecule has 18 heavy (non-hydrogen) atoms. The molecule has 1 N–H and O–H groups in total. The highest BCUT2D eigenvalue weighted by Gasteiger charge is 2.04. The normalized spacial score (nSPS) is 10.8. The highest BCUT2D eigenvalue weighted by Crippen LogP contribution is 2.22. The van der Waals surface area contributed by atoms with Gasteiger partial charge in [0.1, 0.15) is 0 Å². The maximum Gasteiger partial charge on any atom is 0.0723 e. The molecule has 0 spiro atoms. The molecule has 0 unspecified atom stereocenters. The predicted octanol–water partition coefficient (Wildman–Crippen LogP) is 3.53. The van der Waals surface area contributed by atoms with Crippen LogP contribution >= 0.6 is 0 Å². The first kappa shape index (κ1) is 10.8. The van der Waals surface area contributed by atoms with Crippen molar-refractivity contribution in [2.24, 2.45) is 0 Å². The molecule has 0 aliphatic carbocycles. The van der Waals surface area contributed by atoms with E-state index in [-0.39, 0.29) is 0 Å². The summed E-state index contributed by atoms with van der Waals surface area (Å²) in [5.74, 6) is 0. The maximum absolute atomic E-state index is 4.37. The number of nitrogens with zero attached hydrogens (tertiary/aromatic N) is 2. The van der Waals surface area contributed by atoms with Gasteiger partial charge in [0.25, 0.3) is 0 Å². The molecule has 0 aliphatic heterocycles. The van der Waals surface area contributed by atoms with Gasteiger partial charge in [-0.3, -0.25) is 15.1 Å². The molecule has 2 heterocycles. The molecule has 0 amide bonds. The lowest BCUT2D eigenvalue weighted by atomic mass is 10.2. The zero-order valence-electron chi connectivity index (χ0n) is 10.5. The smallest absolute Gasteiger partial charge is 0.0723 e. The van der Waals surface area contributed by atoms with Gasteiger partial charge in [0.05, 0.1) is 11.2 Å². The van der Waals surface area contributed by atoms with Crippen molar-refractivity contribution in [3.63, 3.8) is 0 Å². The van der Waals surface area contributed by atoms with E-state index in [9.17, 15) is 0 Å². The summed E-state index contributed by atoms with van der Waals surface area (Å²) in [5.41, 5.74) is 7.89. The third-order valence-electron chi connectivity index (χ3n) is 3.15. The minimum atomic E-state index is 1.00. The van der Waals surface area contributed by atoms with E-state index < -0.39 is 0 Å². The number of hydrogen-bond donors (Lipinski definition) is 1. The first-order valence-electron chi connectivity index (χ1n) is 6.01. The Kier molecular flexibility index (Phi) is 2.52. The number of anilines is 1. The van der Waals surface area contributed by atoms with Crippen LogP contribution < -0.4 is 5.43 Å². The average molecular weight is 237 g/mol. The topological polar surface area (TPSA) is 29.9 Å². The van der Waals surface area contributed by atoms with Crippen molar-refractivity contribution in [1.29, 1.82) is 0 Å². The number of hydrogen-bond acceptors (Lipinski definition) is 2. The molecule has 0 atom stereocenters. The largest absolute Gasteiger partial charge is 0.294 e. The van der Waals surface area contributed by atoms with E-state index in [4.69, 9.17) is 0 Å². The molecule has 0 fully saturated rings. The van der Waals surface area contributed by atoms with E-state index in [1.165, 1.54) is 11.4 Å². The van der Waals surface area contributed by atoms with E-state index >= 15 is 0 Å². The van der Waals surface area contributed by atoms with Crippen LogP contribution in [-0.4, -0.2) is 9.66 Å². The van der Waals surface area contributed by atoms with Gasteiger partial charge < -0.3 is 0 Å². The number of aryl methyl sites for hydroxylation is 2. The quantitative estimate of drug-likeness (QED) is 0.739. The Morgan fingerprint density at radius 3 is 2.44 bits per heavy atom. The van der Waals surface area contributed by atoms with E-state index in [1.54, 1.807) is 0 Å². The molecular formula is C15H15N3. The third-order valence-corrected chi connectivity index (χ3v) is 3.15. The molecule has 0 bridgehead atoms. The van der Waals surface area contributed by atoms with E-state index in [0.29, 0.717) is 0 Å². The molecule has 3 nitrogen and oxygen atoms in total. The standard InChI is InChI=1S/C15H15N3/c1-11-7-8-12(2)18(11)17-15-9-10-16-14-6-4-3-5-13(14)15/h3-10H,1-2H3,(H,16,17). The summed E-state index contributed by atoms with van der Waals surface area (Å²) in [6.07, 6.45) is 1.83. The van der Waals surface area contributed by atoms with Gasteiger partial charge >= 0.3 is 0 Å². The maximum atomic E-state index is 4.37. The number of aromatic nitrogens is 2. The zero-order chi connectivity index (χ0) is 12.5. The van der Waals surface area contributed by atoms with E-state index in [0.717, 1.165) is 16.6 Å². The number of benzene rings is 1. The number of fused-ring (bicyclic) bond motifs is 1. The minimum Gasteiger partial charge on any atom is -0.294 e. The number of pyridine rings is 1. The van der Waals surface area contributed by atoms with Crippen LogP contribution in [0.2, 0.25) is 0 Å². The van der Waals surface area contributed by atoms with Crippen molar-refractivity contribution in [3.05, 3.63) is 60.0 Å². The molecule has 0 saturated heterocycles. The molecule has 3 heteroatoms. The lowest BCUT2D eigenvalue weighted by molar-refractivity contribution is 0.883. The minimum absolute atomic E-state index is 1.00. The van der Waals surface area contributed by atoms with Gasteiger partial charge in [0.2, 0.25) is 0 Å². The second kappa shape index (κ2) is 4.18. The average Bonchev–Trinajstić information content (AvgIpc) is 2.71. The Balaban J connectivity index is 2.11. The third kappa shape index (κ3) is 1.74. The zero-order valence-corrected chi connectivity index (χ0v) is 10.5.